The summed E-state index contributed by atoms with van der Waals surface area (Å²) in [5.41, 5.74) is 1.85. The minimum Gasteiger partial charge on any atom is -0.435 e. The molecule has 6 nitrogen and oxygen atoms in total. The molecule has 0 spiro atoms. The molecule has 0 saturated carbocycles. The predicted octanol–water partition coefficient (Wildman–Crippen LogP) is 4.63. The molecular formula is C24H19F4N3O3. The average molecular weight is 473 g/mol. The average Bonchev–Trinajstić information content (AvgIpc) is 3.10. The Hall–Kier alpha value is -3.95. The van der Waals surface area contributed by atoms with Crippen LogP contribution in [0.1, 0.15) is 37.4 Å². The lowest BCUT2D eigenvalue weighted by Crippen LogP contribution is -2.23. The number of hydrogen-bond acceptors (Lipinski definition) is 4. The molecular weight excluding hydrogens is 454 g/mol. The molecule has 2 heterocycles. The quantitative estimate of drug-likeness (QED) is 0.530. The number of hydrogen-bond donors (Lipinski definition) is 1. The van der Waals surface area contributed by atoms with Crippen LogP contribution in [0.5, 0.6) is 11.6 Å². The van der Waals surface area contributed by atoms with Crippen LogP contribution in [0.3, 0.4) is 0 Å². The number of carbonyl (C=O) groups excluding carboxylic acids is 2. The van der Waals surface area contributed by atoms with Crippen molar-refractivity contribution in [3.63, 3.8) is 0 Å². The Bertz CT molecular complexity index is 1240. The van der Waals surface area contributed by atoms with Crippen molar-refractivity contribution in [2.75, 3.05) is 7.05 Å². The second kappa shape index (κ2) is 9.12. The van der Waals surface area contributed by atoms with Gasteiger partial charge in [0.1, 0.15) is 5.56 Å². The van der Waals surface area contributed by atoms with E-state index in [4.69, 9.17) is 4.74 Å². The van der Waals surface area contributed by atoms with E-state index >= 15 is 0 Å². The van der Waals surface area contributed by atoms with Gasteiger partial charge in [-0.25, -0.2) is 9.37 Å². The van der Waals surface area contributed by atoms with Gasteiger partial charge in [-0.3, -0.25) is 9.59 Å². The highest BCUT2D eigenvalue weighted by molar-refractivity contribution is 6.00. The number of fused-ring (bicyclic) bond motifs is 1. The molecule has 1 N–H and O–H groups in total. The molecule has 0 unspecified atom stereocenters. The zero-order chi connectivity index (χ0) is 24.5. The summed E-state index contributed by atoms with van der Waals surface area (Å²) >= 11 is 0. The first-order chi connectivity index (χ1) is 16.1. The number of rotatable bonds is 6. The second-order valence-corrected chi connectivity index (χ2v) is 7.75. The van der Waals surface area contributed by atoms with Crippen molar-refractivity contribution >= 4 is 11.8 Å². The number of aromatic nitrogens is 1. The molecule has 2 aromatic carbocycles. The molecule has 0 atom stereocenters. The van der Waals surface area contributed by atoms with Crippen molar-refractivity contribution < 1.29 is 31.9 Å². The first-order valence-corrected chi connectivity index (χ1v) is 10.3. The van der Waals surface area contributed by atoms with Gasteiger partial charge in [0, 0.05) is 31.9 Å². The number of halogens is 4. The molecule has 0 aliphatic carbocycles. The molecule has 3 aromatic rings. The summed E-state index contributed by atoms with van der Waals surface area (Å²) in [5.74, 6) is -2.03. The van der Waals surface area contributed by atoms with Crippen LogP contribution in [0.4, 0.5) is 17.6 Å². The highest BCUT2D eigenvalue weighted by Gasteiger charge is 2.32. The highest BCUT2D eigenvalue weighted by atomic mass is 19.4. The van der Waals surface area contributed by atoms with Gasteiger partial charge >= 0.3 is 6.18 Å². The number of pyridine rings is 1. The molecule has 1 aliphatic rings. The third-order valence-corrected chi connectivity index (χ3v) is 5.29. The largest absolute Gasteiger partial charge is 0.435 e. The number of benzene rings is 2. The maximum absolute atomic E-state index is 14.4. The van der Waals surface area contributed by atoms with E-state index < -0.39 is 18.4 Å². The molecule has 0 saturated heterocycles. The van der Waals surface area contributed by atoms with Crippen molar-refractivity contribution in [2.24, 2.45) is 0 Å². The fourth-order valence-corrected chi connectivity index (χ4v) is 3.68. The van der Waals surface area contributed by atoms with E-state index in [2.05, 4.69) is 10.3 Å². The summed E-state index contributed by atoms with van der Waals surface area (Å²) in [6.45, 7) is 0.540. The summed E-state index contributed by atoms with van der Waals surface area (Å²) in [5, 5.41) is 2.53. The molecule has 34 heavy (non-hydrogen) atoms. The smallest absolute Gasteiger partial charge is 0.393 e. The summed E-state index contributed by atoms with van der Waals surface area (Å²) in [6.07, 6.45) is -4.31. The van der Waals surface area contributed by atoms with E-state index in [1.165, 1.54) is 13.2 Å². The van der Waals surface area contributed by atoms with E-state index in [0.717, 1.165) is 23.8 Å². The summed E-state index contributed by atoms with van der Waals surface area (Å²) in [6, 6.07) is 11.4. The van der Waals surface area contributed by atoms with Gasteiger partial charge in [-0.2, -0.15) is 13.2 Å². The zero-order valence-electron chi connectivity index (χ0n) is 17.9. The zero-order valence-corrected chi connectivity index (χ0v) is 17.9. The maximum Gasteiger partial charge on any atom is 0.393 e. The normalized spacial score (nSPS) is 13.1. The Kier molecular flexibility index (Phi) is 6.23. The third kappa shape index (κ3) is 5.00. The van der Waals surface area contributed by atoms with Crippen molar-refractivity contribution in [1.29, 1.82) is 0 Å². The van der Waals surface area contributed by atoms with Crippen molar-refractivity contribution in [1.82, 2.24) is 15.2 Å². The van der Waals surface area contributed by atoms with Crippen LogP contribution < -0.4 is 10.1 Å². The number of amides is 2. The number of ether oxygens (including phenoxy) is 1. The molecule has 1 aromatic heterocycles. The standard InChI is InChI=1S/C24H19F4N3O3/c1-29-21(32)16-5-2-14(3-6-16)12-31-13-17-8-9-30-22(20(17)23(31)33)34-19-7-4-15(10-18(19)25)11-24(26,27)28/h2-10H,11-13H2,1H3,(H,29,32). The van der Waals surface area contributed by atoms with Gasteiger partial charge in [0.15, 0.2) is 11.6 Å². The lowest BCUT2D eigenvalue weighted by molar-refractivity contribution is -0.127. The van der Waals surface area contributed by atoms with Gasteiger partial charge in [-0.1, -0.05) is 18.2 Å². The summed E-state index contributed by atoms with van der Waals surface area (Å²) in [7, 11) is 1.53. The Morgan fingerprint density at radius 1 is 1.12 bits per heavy atom. The van der Waals surface area contributed by atoms with E-state index in [1.54, 1.807) is 35.2 Å². The molecule has 1 aliphatic heterocycles. The molecule has 4 rings (SSSR count). The Balaban J connectivity index is 1.51. The van der Waals surface area contributed by atoms with Crippen LogP contribution in [0.15, 0.2) is 54.7 Å². The molecule has 10 heteroatoms. The van der Waals surface area contributed by atoms with Gasteiger partial charge in [0.05, 0.1) is 6.42 Å². The maximum atomic E-state index is 14.4. The summed E-state index contributed by atoms with van der Waals surface area (Å²) < 4.78 is 57.6. The van der Waals surface area contributed by atoms with Crippen molar-refractivity contribution in [3.05, 3.63) is 88.4 Å². The molecule has 176 valence electrons. The van der Waals surface area contributed by atoms with Crippen LogP contribution in [0, 0.1) is 5.82 Å². The van der Waals surface area contributed by atoms with Crippen LogP contribution >= 0.6 is 0 Å². The first kappa shape index (κ1) is 23.2. The molecule has 0 fully saturated rings. The SMILES string of the molecule is CNC(=O)c1ccc(CN2Cc3ccnc(Oc4ccc(CC(F)(F)F)cc4F)c3C2=O)cc1. The van der Waals surface area contributed by atoms with Crippen LogP contribution in [0.2, 0.25) is 0 Å². The van der Waals surface area contributed by atoms with Gasteiger partial charge in [0.2, 0.25) is 5.88 Å². The van der Waals surface area contributed by atoms with Crippen LogP contribution in [-0.2, 0) is 19.5 Å². The first-order valence-electron chi connectivity index (χ1n) is 10.3. The fraction of sp³-hybridized carbons (Fsp3) is 0.208. The Labute approximate surface area is 192 Å². The van der Waals surface area contributed by atoms with E-state index in [-0.39, 0.29) is 47.7 Å². The van der Waals surface area contributed by atoms with Crippen LogP contribution in [-0.4, -0.2) is 34.9 Å². The number of carbonyl (C=O) groups is 2. The van der Waals surface area contributed by atoms with Gasteiger partial charge < -0.3 is 15.0 Å². The van der Waals surface area contributed by atoms with Crippen molar-refractivity contribution in [3.8, 4) is 11.6 Å². The minimum atomic E-state index is -4.46. The topological polar surface area (TPSA) is 71.5 Å². The van der Waals surface area contributed by atoms with E-state index in [0.29, 0.717) is 11.1 Å². The summed E-state index contributed by atoms with van der Waals surface area (Å²) in [4.78, 5) is 30.3. The highest BCUT2D eigenvalue weighted by Crippen LogP contribution is 2.34. The Morgan fingerprint density at radius 2 is 1.82 bits per heavy atom. The van der Waals surface area contributed by atoms with Crippen molar-refractivity contribution in [2.45, 2.75) is 25.7 Å². The molecule has 0 radical (unpaired) electrons. The Morgan fingerprint density at radius 3 is 2.47 bits per heavy atom. The lowest BCUT2D eigenvalue weighted by atomic mass is 10.1. The van der Waals surface area contributed by atoms with Gasteiger partial charge in [-0.05, 0) is 47.0 Å². The number of alkyl halides is 3. The minimum absolute atomic E-state index is 0.123. The van der Waals surface area contributed by atoms with E-state index in [1.807, 2.05) is 0 Å². The third-order valence-electron chi connectivity index (χ3n) is 5.29. The lowest BCUT2D eigenvalue weighted by Gasteiger charge is -2.16. The monoisotopic (exact) mass is 473 g/mol. The number of nitrogens with one attached hydrogen (secondary N) is 1. The van der Waals surface area contributed by atoms with E-state index in [9.17, 15) is 27.2 Å². The second-order valence-electron chi connectivity index (χ2n) is 7.75. The van der Waals surface area contributed by atoms with Gasteiger partial charge in [0.25, 0.3) is 11.8 Å². The molecule has 0 bridgehead atoms. The predicted molar refractivity (Wildman–Crippen MR) is 114 cm³/mol. The van der Waals surface area contributed by atoms with Gasteiger partial charge in [-0.15, -0.1) is 0 Å². The number of nitrogens with zero attached hydrogens (tertiary/aromatic N) is 2. The molecule has 2 amide bonds. The van der Waals surface area contributed by atoms with Crippen LogP contribution in [0.25, 0.3) is 0 Å². The fourth-order valence-electron chi connectivity index (χ4n) is 3.68.